The van der Waals surface area contributed by atoms with Gasteiger partial charge in [-0.1, -0.05) is 23.7 Å². The molecule has 0 unspecified atom stereocenters. The smallest absolute Gasteiger partial charge is 0.323 e. The van der Waals surface area contributed by atoms with Gasteiger partial charge in [0.2, 0.25) is 0 Å². The number of urea groups is 1. The van der Waals surface area contributed by atoms with Gasteiger partial charge >= 0.3 is 6.03 Å². The summed E-state index contributed by atoms with van der Waals surface area (Å²) in [6, 6.07) is 7.33. The predicted molar refractivity (Wildman–Crippen MR) is 84.0 cm³/mol. The Balaban J connectivity index is 1.67. The maximum atomic E-state index is 12.1. The van der Waals surface area contributed by atoms with Gasteiger partial charge in [0.1, 0.15) is 0 Å². The number of hydrogen-bond acceptors (Lipinski definition) is 4. The van der Waals surface area contributed by atoms with Crippen LogP contribution in [0.4, 0.5) is 9.93 Å². The largest absolute Gasteiger partial charge is 0.378 e. The van der Waals surface area contributed by atoms with E-state index in [1.807, 2.05) is 29.6 Å². The van der Waals surface area contributed by atoms with Crippen LogP contribution in [0.1, 0.15) is 0 Å². The minimum atomic E-state index is -0.129. The van der Waals surface area contributed by atoms with Gasteiger partial charge in [0.25, 0.3) is 0 Å². The molecule has 1 aromatic heterocycles. The fraction of sp³-hybridized carbons (Fsp3) is 0.286. The van der Waals surface area contributed by atoms with Crippen LogP contribution in [0.2, 0.25) is 5.02 Å². The highest BCUT2D eigenvalue weighted by Crippen LogP contribution is 2.26. The first-order valence-corrected chi connectivity index (χ1v) is 7.83. The van der Waals surface area contributed by atoms with Crippen molar-refractivity contribution in [3.63, 3.8) is 0 Å². The number of nitrogens with zero attached hydrogens (tertiary/aromatic N) is 2. The molecule has 2 heterocycles. The van der Waals surface area contributed by atoms with E-state index in [0.29, 0.717) is 36.5 Å². The van der Waals surface area contributed by atoms with Crippen molar-refractivity contribution < 1.29 is 9.53 Å². The summed E-state index contributed by atoms with van der Waals surface area (Å²) in [7, 11) is 0. The highest BCUT2D eigenvalue weighted by atomic mass is 35.5. The van der Waals surface area contributed by atoms with Crippen molar-refractivity contribution in [1.82, 2.24) is 9.88 Å². The second-order valence-corrected chi connectivity index (χ2v) is 5.87. The van der Waals surface area contributed by atoms with Crippen LogP contribution in [0.15, 0.2) is 29.6 Å². The lowest BCUT2D eigenvalue weighted by Crippen LogP contribution is -2.43. The molecule has 0 spiro atoms. The molecule has 0 atom stereocenters. The van der Waals surface area contributed by atoms with E-state index in [1.54, 1.807) is 4.90 Å². The number of aromatic nitrogens is 1. The van der Waals surface area contributed by atoms with E-state index in [4.69, 9.17) is 16.3 Å². The third-order valence-electron chi connectivity index (χ3n) is 3.16. The second-order valence-electron chi connectivity index (χ2n) is 4.57. The predicted octanol–water partition coefficient (Wildman–Crippen LogP) is 3.33. The van der Waals surface area contributed by atoms with E-state index in [0.717, 1.165) is 11.3 Å². The second kappa shape index (κ2) is 6.43. The Kier molecular flexibility index (Phi) is 4.38. The average Bonchev–Trinajstić information content (AvgIpc) is 2.97. The average molecular weight is 324 g/mol. The number of morpholine rings is 1. The summed E-state index contributed by atoms with van der Waals surface area (Å²) in [6.07, 6.45) is 0. The van der Waals surface area contributed by atoms with Crippen LogP contribution in [0.3, 0.4) is 0 Å². The molecule has 1 aromatic carbocycles. The van der Waals surface area contributed by atoms with Crippen molar-refractivity contribution >= 4 is 34.1 Å². The SMILES string of the molecule is O=C(Nc1nc(-c2ccc(Cl)cc2)cs1)N1CCOCC1. The normalized spacial score (nSPS) is 15.0. The molecular formula is C14H14ClN3O2S. The Morgan fingerprint density at radius 3 is 2.71 bits per heavy atom. The molecule has 0 bridgehead atoms. The topological polar surface area (TPSA) is 54.5 Å². The molecule has 1 N–H and O–H groups in total. The fourth-order valence-electron chi connectivity index (χ4n) is 2.02. The number of amides is 2. The Morgan fingerprint density at radius 2 is 2.00 bits per heavy atom. The van der Waals surface area contributed by atoms with Crippen LogP contribution < -0.4 is 5.32 Å². The Hall–Kier alpha value is -1.63. The number of halogens is 1. The molecule has 0 aliphatic carbocycles. The maximum Gasteiger partial charge on any atom is 0.323 e. The number of rotatable bonds is 2. The first kappa shape index (κ1) is 14.3. The summed E-state index contributed by atoms with van der Waals surface area (Å²) in [5.74, 6) is 0. The molecular weight excluding hydrogens is 310 g/mol. The van der Waals surface area contributed by atoms with Crippen molar-refractivity contribution in [2.45, 2.75) is 0 Å². The fourth-order valence-corrected chi connectivity index (χ4v) is 2.86. The van der Waals surface area contributed by atoms with Crippen LogP contribution in [-0.4, -0.2) is 42.2 Å². The quantitative estimate of drug-likeness (QED) is 0.922. The number of anilines is 1. The van der Waals surface area contributed by atoms with Crippen molar-refractivity contribution in [1.29, 1.82) is 0 Å². The molecule has 2 aromatic rings. The van der Waals surface area contributed by atoms with E-state index < -0.39 is 0 Å². The molecule has 1 aliphatic heterocycles. The molecule has 1 saturated heterocycles. The van der Waals surface area contributed by atoms with Crippen LogP contribution in [0.5, 0.6) is 0 Å². The van der Waals surface area contributed by atoms with Crippen LogP contribution in [0.25, 0.3) is 11.3 Å². The molecule has 7 heteroatoms. The van der Waals surface area contributed by atoms with Crippen molar-refractivity contribution in [2.75, 3.05) is 31.6 Å². The zero-order valence-electron chi connectivity index (χ0n) is 11.2. The number of hydrogen-bond donors (Lipinski definition) is 1. The van der Waals surface area contributed by atoms with Crippen LogP contribution in [0, 0.1) is 0 Å². The minimum absolute atomic E-state index is 0.129. The third-order valence-corrected chi connectivity index (χ3v) is 4.17. The molecule has 2 amide bonds. The number of benzene rings is 1. The Morgan fingerprint density at radius 1 is 1.29 bits per heavy atom. The highest BCUT2D eigenvalue weighted by molar-refractivity contribution is 7.14. The van der Waals surface area contributed by atoms with Crippen LogP contribution in [-0.2, 0) is 4.74 Å². The van der Waals surface area contributed by atoms with Gasteiger partial charge in [-0.05, 0) is 12.1 Å². The van der Waals surface area contributed by atoms with Gasteiger partial charge in [-0.2, -0.15) is 0 Å². The van der Waals surface area contributed by atoms with Gasteiger partial charge in [0, 0.05) is 29.1 Å². The minimum Gasteiger partial charge on any atom is -0.378 e. The lowest BCUT2D eigenvalue weighted by Gasteiger charge is -2.26. The summed E-state index contributed by atoms with van der Waals surface area (Å²) in [6.45, 7) is 2.39. The number of carbonyl (C=O) groups is 1. The Bertz CT molecular complexity index is 623. The van der Waals surface area contributed by atoms with Gasteiger partial charge in [-0.25, -0.2) is 9.78 Å². The molecule has 1 aliphatic rings. The zero-order chi connectivity index (χ0) is 14.7. The van der Waals surface area contributed by atoms with E-state index in [9.17, 15) is 4.79 Å². The summed E-state index contributed by atoms with van der Waals surface area (Å²) >= 11 is 7.28. The van der Waals surface area contributed by atoms with Crippen LogP contribution >= 0.6 is 22.9 Å². The van der Waals surface area contributed by atoms with E-state index in [2.05, 4.69) is 10.3 Å². The summed E-state index contributed by atoms with van der Waals surface area (Å²) in [5.41, 5.74) is 1.80. The molecule has 21 heavy (non-hydrogen) atoms. The van der Waals surface area contributed by atoms with Gasteiger partial charge in [0.15, 0.2) is 5.13 Å². The molecule has 3 rings (SSSR count). The van der Waals surface area contributed by atoms with Crippen molar-refractivity contribution in [3.05, 3.63) is 34.7 Å². The number of ether oxygens (including phenoxy) is 1. The molecule has 5 nitrogen and oxygen atoms in total. The van der Waals surface area contributed by atoms with Crippen molar-refractivity contribution in [3.8, 4) is 11.3 Å². The third kappa shape index (κ3) is 3.53. The highest BCUT2D eigenvalue weighted by Gasteiger charge is 2.17. The summed E-state index contributed by atoms with van der Waals surface area (Å²) < 4.78 is 5.23. The lowest BCUT2D eigenvalue weighted by atomic mass is 10.2. The first-order valence-electron chi connectivity index (χ1n) is 6.57. The van der Waals surface area contributed by atoms with Gasteiger partial charge in [0.05, 0.1) is 18.9 Å². The first-order chi connectivity index (χ1) is 10.2. The molecule has 110 valence electrons. The van der Waals surface area contributed by atoms with Gasteiger partial charge in [-0.3, -0.25) is 5.32 Å². The molecule has 0 radical (unpaired) electrons. The number of nitrogens with one attached hydrogen (secondary N) is 1. The standard InChI is InChI=1S/C14H14ClN3O2S/c15-11-3-1-10(2-4-11)12-9-21-13(16-12)17-14(19)18-5-7-20-8-6-18/h1-4,9H,5-8H2,(H,16,17,19). The van der Waals surface area contributed by atoms with E-state index in [-0.39, 0.29) is 6.03 Å². The number of thiazole rings is 1. The van der Waals surface area contributed by atoms with E-state index in [1.165, 1.54) is 11.3 Å². The maximum absolute atomic E-state index is 12.1. The van der Waals surface area contributed by atoms with Gasteiger partial charge in [-0.15, -0.1) is 11.3 Å². The zero-order valence-corrected chi connectivity index (χ0v) is 12.8. The lowest BCUT2D eigenvalue weighted by molar-refractivity contribution is 0.0564. The van der Waals surface area contributed by atoms with Crippen molar-refractivity contribution in [2.24, 2.45) is 0 Å². The number of carbonyl (C=O) groups excluding carboxylic acids is 1. The molecule has 0 saturated carbocycles. The Labute approximate surface area is 131 Å². The summed E-state index contributed by atoms with van der Waals surface area (Å²) in [4.78, 5) is 18.2. The van der Waals surface area contributed by atoms with Gasteiger partial charge < -0.3 is 9.64 Å². The molecule has 1 fully saturated rings. The monoisotopic (exact) mass is 323 g/mol. The summed E-state index contributed by atoms with van der Waals surface area (Å²) in [5, 5.41) is 6.02. The van der Waals surface area contributed by atoms with E-state index >= 15 is 0 Å².